The standard InChI is InChI=1S/C19H39N5/c1-7-9-10-11-23(6)19(20-8-2)21-16-18(17(3)4)24-14-12-22(5)13-15-24/h7,17-18H,1,8-16H2,2-6H3,(H,20,21). The van der Waals surface area contributed by atoms with E-state index in [0.29, 0.717) is 12.0 Å². The summed E-state index contributed by atoms with van der Waals surface area (Å²) in [6, 6.07) is 0.522. The van der Waals surface area contributed by atoms with Crippen molar-refractivity contribution in [2.24, 2.45) is 10.9 Å². The number of allylic oxidation sites excluding steroid dienone is 1. The molecule has 1 saturated heterocycles. The summed E-state index contributed by atoms with van der Waals surface area (Å²) >= 11 is 0. The first-order valence-electron chi connectivity index (χ1n) is 9.52. The Hall–Kier alpha value is -1.07. The Kier molecular flexibility index (Phi) is 10.0. The third-order valence-electron chi connectivity index (χ3n) is 4.80. The maximum atomic E-state index is 4.96. The number of unbranched alkanes of at least 4 members (excludes halogenated alkanes) is 1. The summed E-state index contributed by atoms with van der Waals surface area (Å²) in [5, 5.41) is 3.44. The monoisotopic (exact) mass is 337 g/mol. The second-order valence-electron chi connectivity index (χ2n) is 7.20. The Labute approximate surface area is 149 Å². The van der Waals surface area contributed by atoms with Crippen molar-refractivity contribution in [3.8, 4) is 0 Å². The van der Waals surface area contributed by atoms with E-state index in [1.165, 1.54) is 0 Å². The van der Waals surface area contributed by atoms with Crippen LogP contribution < -0.4 is 5.32 Å². The second kappa shape index (κ2) is 11.5. The molecular weight excluding hydrogens is 298 g/mol. The summed E-state index contributed by atoms with van der Waals surface area (Å²) in [6.45, 7) is 18.0. The van der Waals surface area contributed by atoms with Crippen LogP contribution in [0.1, 0.15) is 33.6 Å². The highest BCUT2D eigenvalue weighted by molar-refractivity contribution is 5.79. The van der Waals surface area contributed by atoms with E-state index < -0.39 is 0 Å². The average Bonchev–Trinajstić information content (AvgIpc) is 2.55. The van der Waals surface area contributed by atoms with Gasteiger partial charge in [-0.3, -0.25) is 9.89 Å². The number of guanidine groups is 1. The number of likely N-dealkylation sites (N-methyl/N-ethyl adjacent to an activating group) is 1. The fourth-order valence-electron chi connectivity index (χ4n) is 3.13. The van der Waals surface area contributed by atoms with E-state index in [1.807, 2.05) is 6.08 Å². The number of nitrogens with zero attached hydrogens (tertiary/aromatic N) is 4. The molecule has 0 amide bonds. The maximum absolute atomic E-state index is 4.96. The van der Waals surface area contributed by atoms with Crippen LogP contribution in [0.5, 0.6) is 0 Å². The molecule has 1 heterocycles. The summed E-state index contributed by atoms with van der Waals surface area (Å²) in [4.78, 5) is 12.2. The van der Waals surface area contributed by atoms with Gasteiger partial charge in [-0.2, -0.15) is 0 Å². The molecule has 0 aliphatic carbocycles. The molecule has 1 aliphatic rings. The van der Waals surface area contributed by atoms with E-state index in [2.05, 4.69) is 61.5 Å². The highest BCUT2D eigenvalue weighted by atomic mass is 15.3. The first kappa shape index (κ1) is 21.0. The minimum absolute atomic E-state index is 0.522. The Balaban J connectivity index is 2.66. The first-order chi connectivity index (χ1) is 11.5. The lowest BCUT2D eigenvalue weighted by Crippen LogP contribution is -2.52. The topological polar surface area (TPSA) is 34.1 Å². The predicted octanol–water partition coefficient (Wildman–Crippen LogP) is 2.12. The molecule has 1 rings (SSSR count). The fourth-order valence-corrected chi connectivity index (χ4v) is 3.13. The van der Waals surface area contributed by atoms with Crippen molar-refractivity contribution in [1.29, 1.82) is 0 Å². The quantitative estimate of drug-likeness (QED) is 0.302. The molecule has 1 unspecified atom stereocenters. The molecule has 140 valence electrons. The molecule has 0 aromatic carbocycles. The molecule has 1 aliphatic heterocycles. The van der Waals surface area contributed by atoms with Crippen LogP contribution in [0, 0.1) is 5.92 Å². The third kappa shape index (κ3) is 7.22. The Bertz CT molecular complexity index is 372. The van der Waals surface area contributed by atoms with Crippen molar-refractivity contribution in [2.45, 2.75) is 39.7 Å². The van der Waals surface area contributed by atoms with E-state index >= 15 is 0 Å². The van der Waals surface area contributed by atoms with Crippen molar-refractivity contribution >= 4 is 5.96 Å². The zero-order chi connectivity index (χ0) is 17.9. The summed E-state index contributed by atoms with van der Waals surface area (Å²) in [5.74, 6) is 1.65. The summed E-state index contributed by atoms with van der Waals surface area (Å²) < 4.78 is 0. The molecule has 0 aromatic heterocycles. The van der Waals surface area contributed by atoms with Gasteiger partial charge in [0.15, 0.2) is 5.96 Å². The molecule has 1 fully saturated rings. The van der Waals surface area contributed by atoms with Crippen molar-refractivity contribution < 1.29 is 0 Å². The van der Waals surface area contributed by atoms with Crippen molar-refractivity contribution in [2.75, 3.05) is 59.9 Å². The van der Waals surface area contributed by atoms with Gasteiger partial charge >= 0.3 is 0 Å². The smallest absolute Gasteiger partial charge is 0.193 e. The van der Waals surface area contributed by atoms with Crippen molar-refractivity contribution in [3.05, 3.63) is 12.7 Å². The van der Waals surface area contributed by atoms with E-state index in [-0.39, 0.29) is 0 Å². The lowest BCUT2D eigenvalue weighted by Gasteiger charge is -2.39. The lowest BCUT2D eigenvalue weighted by molar-refractivity contribution is 0.0924. The molecule has 24 heavy (non-hydrogen) atoms. The third-order valence-corrected chi connectivity index (χ3v) is 4.80. The molecule has 1 atom stereocenters. The normalized spacial score (nSPS) is 18.7. The van der Waals surface area contributed by atoms with Crippen LogP contribution in [0.4, 0.5) is 0 Å². The van der Waals surface area contributed by atoms with Gasteiger partial charge < -0.3 is 15.1 Å². The lowest BCUT2D eigenvalue weighted by atomic mass is 10.0. The molecular formula is C19H39N5. The SMILES string of the molecule is C=CCCCN(C)C(=NCC(C(C)C)N1CCN(C)CC1)NCC. The number of nitrogens with one attached hydrogen (secondary N) is 1. The van der Waals surface area contributed by atoms with Crippen LogP contribution in [-0.2, 0) is 0 Å². The van der Waals surface area contributed by atoms with Gasteiger partial charge in [0, 0.05) is 52.4 Å². The van der Waals surface area contributed by atoms with E-state index in [4.69, 9.17) is 4.99 Å². The van der Waals surface area contributed by atoms with Crippen LogP contribution in [0.3, 0.4) is 0 Å². The van der Waals surface area contributed by atoms with Crippen LogP contribution in [0.25, 0.3) is 0 Å². The number of hydrogen-bond acceptors (Lipinski definition) is 3. The Morgan fingerprint density at radius 3 is 2.50 bits per heavy atom. The minimum Gasteiger partial charge on any atom is -0.357 e. The average molecular weight is 338 g/mol. The largest absolute Gasteiger partial charge is 0.357 e. The summed E-state index contributed by atoms with van der Waals surface area (Å²) in [6.07, 6.45) is 4.16. The highest BCUT2D eigenvalue weighted by Crippen LogP contribution is 2.14. The minimum atomic E-state index is 0.522. The highest BCUT2D eigenvalue weighted by Gasteiger charge is 2.25. The second-order valence-corrected chi connectivity index (χ2v) is 7.20. The zero-order valence-electron chi connectivity index (χ0n) is 16.6. The number of piperazine rings is 1. The molecule has 5 nitrogen and oxygen atoms in total. The van der Waals surface area contributed by atoms with Crippen LogP contribution in [0.15, 0.2) is 17.6 Å². The summed E-state index contributed by atoms with van der Waals surface area (Å²) in [5.41, 5.74) is 0. The Morgan fingerprint density at radius 1 is 1.29 bits per heavy atom. The van der Waals surface area contributed by atoms with Crippen molar-refractivity contribution in [1.82, 2.24) is 20.0 Å². The van der Waals surface area contributed by atoms with Gasteiger partial charge in [-0.25, -0.2) is 0 Å². The van der Waals surface area contributed by atoms with Gasteiger partial charge in [-0.1, -0.05) is 19.9 Å². The van der Waals surface area contributed by atoms with Gasteiger partial charge in [0.05, 0.1) is 6.54 Å². The summed E-state index contributed by atoms with van der Waals surface area (Å²) in [7, 11) is 4.34. The van der Waals surface area contributed by atoms with Crippen LogP contribution >= 0.6 is 0 Å². The van der Waals surface area contributed by atoms with Gasteiger partial charge in [0.2, 0.25) is 0 Å². The number of rotatable bonds is 9. The molecule has 1 N–H and O–H groups in total. The van der Waals surface area contributed by atoms with E-state index in [9.17, 15) is 0 Å². The zero-order valence-corrected chi connectivity index (χ0v) is 16.6. The van der Waals surface area contributed by atoms with E-state index in [0.717, 1.165) is 64.6 Å². The molecule has 0 bridgehead atoms. The van der Waals surface area contributed by atoms with Gasteiger partial charge in [-0.15, -0.1) is 6.58 Å². The van der Waals surface area contributed by atoms with E-state index in [1.54, 1.807) is 0 Å². The maximum Gasteiger partial charge on any atom is 0.193 e. The number of hydrogen-bond donors (Lipinski definition) is 1. The van der Waals surface area contributed by atoms with Crippen LogP contribution in [-0.4, -0.2) is 86.6 Å². The molecule has 0 radical (unpaired) electrons. The predicted molar refractivity (Wildman–Crippen MR) is 106 cm³/mol. The fraction of sp³-hybridized carbons (Fsp3) is 0.842. The first-order valence-corrected chi connectivity index (χ1v) is 9.52. The Morgan fingerprint density at radius 2 is 1.96 bits per heavy atom. The molecule has 0 saturated carbocycles. The molecule has 0 aromatic rings. The van der Waals surface area contributed by atoms with Gasteiger partial charge in [0.25, 0.3) is 0 Å². The molecule has 0 spiro atoms. The molecule has 5 heteroatoms. The van der Waals surface area contributed by atoms with Crippen LogP contribution in [0.2, 0.25) is 0 Å². The van der Waals surface area contributed by atoms with Crippen molar-refractivity contribution in [3.63, 3.8) is 0 Å². The number of aliphatic imine (C=N–C) groups is 1. The van der Waals surface area contributed by atoms with Gasteiger partial charge in [0.1, 0.15) is 0 Å². The van der Waals surface area contributed by atoms with Gasteiger partial charge in [-0.05, 0) is 32.7 Å².